The molecule has 1 heterocycles. The van der Waals surface area contributed by atoms with E-state index in [1.807, 2.05) is 0 Å². The van der Waals surface area contributed by atoms with E-state index in [9.17, 15) is 0 Å². The number of nitrogens with zero attached hydrogens (tertiary/aromatic N) is 2. The van der Waals surface area contributed by atoms with Crippen molar-refractivity contribution in [3.8, 4) is 0 Å². The average Bonchev–Trinajstić information content (AvgIpc) is 2.86. The lowest BCUT2D eigenvalue weighted by atomic mass is 9.86. The summed E-state index contributed by atoms with van der Waals surface area (Å²) in [4.78, 5) is 4.59. The van der Waals surface area contributed by atoms with E-state index in [4.69, 9.17) is 4.52 Å². The summed E-state index contributed by atoms with van der Waals surface area (Å²) in [5.41, 5.74) is -0.0262. The summed E-state index contributed by atoms with van der Waals surface area (Å²) in [6.07, 6.45) is 5.97. The van der Waals surface area contributed by atoms with Crippen molar-refractivity contribution in [3.63, 3.8) is 0 Å². The minimum Gasteiger partial charge on any atom is -0.339 e. The van der Waals surface area contributed by atoms with E-state index in [1.54, 1.807) is 0 Å². The van der Waals surface area contributed by atoms with Gasteiger partial charge in [-0.2, -0.15) is 4.98 Å². The molecule has 0 aliphatic heterocycles. The van der Waals surface area contributed by atoms with Crippen LogP contribution in [0.15, 0.2) is 4.52 Å². The molecule has 108 valence electrons. The van der Waals surface area contributed by atoms with E-state index in [0.29, 0.717) is 12.0 Å². The molecule has 4 nitrogen and oxygen atoms in total. The van der Waals surface area contributed by atoms with Gasteiger partial charge in [-0.25, -0.2) is 0 Å². The zero-order chi connectivity index (χ0) is 13.9. The second-order valence-corrected chi connectivity index (χ2v) is 6.71. The van der Waals surface area contributed by atoms with Crippen molar-refractivity contribution in [2.75, 3.05) is 6.54 Å². The SMILES string of the molecule is CCCNC1CCC(c2nc(C(C)(C)C)no2)CC1. The molecule has 0 spiro atoms. The average molecular weight is 265 g/mol. The molecule has 1 aliphatic rings. The summed E-state index contributed by atoms with van der Waals surface area (Å²) in [5, 5.41) is 7.74. The quantitative estimate of drug-likeness (QED) is 0.906. The Labute approximate surface area is 116 Å². The maximum Gasteiger partial charge on any atom is 0.229 e. The predicted molar refractivity (Wildman–Crippen MR) is 76.3 cm³/mol. The van der Waals surface area contributed by atoms with E-state index in [2.05, 4.69) is 43.2 Å². The molecule has 1 aliphatic carbocycles. The summed E-state index contributed by atoms with van der Waals surface area (Å²) in [6.45, 7) is 9.70. The highest BCUT2D eigenvalue weighted by molar-refractivity contribution is 5.03. The van der Waals surface area contributed by atoms with Gasteiger partial charge in [0.05, 0.1) is 0 Å². The minimum atomic E-state index is -0.0262. The van der Waals surface area contributed by atoms with Crippen LogP contribution < -0.4 is 5.32 Å². The first-order valence-corrected chi connectivity index (χ1v) is 7.58. The van der Waals surface area contributed by atoms with Gasteiger partial charge in [-0.05, 0) is 38.6 Å². The van der Waals surface area contributed by atoms with Crippen LogP contribution in [-0.4, -0.2) is 22.7 Å². The van der Waals surface area contributed by atoms with Crippen molar-refractivity contribution in [2.45, 2.75) is 77.2 Å². The Kier molecular flexibility index (Phi) is 4.61. The van der Waals surface area contributed by atoms with E-state index in [-0.39, 0.29) is 5.41 Å². The maximum absolute atomic E-state index is 5.47. The van der Waals surface area contributed by atoms with E-state index >= 15 is 0 Å². The Morgan fingerprint density at radius 3 is 2.42 bits per heavy atom. The van der Waals surface area contributed by atoms with Crippen LogP contribution in [0.4, 0.5) is 0 Å². The second-order valence-electron chi connectivity index (χ2n) is 6.71. The van der Waals surface area contributed by atoms with Gasteiger partial charge in [0.25, 0.3) is 0 Å². The Hall–Kier alpha value is -0.900. The number of hydrogen-bond acceptors (Lipinski definition) is 4. The van der Waals surface area contributed by atoms with Gasteiger partial charge in [-0.15, -0.1) is 0 Å². The summed E-state index contributed by atoms with van der Waals surface area (Å²) in [6, 6.07) is 0.682. The summed E-state index contributed by atoms with van der Waals surface area (Å²) in [5.74, 6) is 2.14. The summed E-state index contributed by atoms with van der Waals surface area (Å²) in [7, 11) is 0. The Morgan fingerprint density at radius 1 is 1.21 bits per heavy atom. The fraction of sp³-hybridized carbons (Fsp3) is 0.867. The lowest BCUT2D eigenvalue weighted by Crippen LogP contribution is -2.33. The molecule has 1 fully saturated rings. The number of rotatable bonds is 4. The van der Waals surface area contributed by atoms with Gasteiger partial charge in [-0.3, -0.25) is 0 Å². The van der Waals surface area contributed by atoms with E-state index < -0.39 is 0 Å². The second kappa shape index (κ2) is 6.04. The van der Waals surface area contributed by atoms with Crippen molar-refractivity contribution in [2.24, 2.45) is 0 Å². The number of hydrogen-bond donors (Lipinski definition) is 1. The molecule has 19 heavy (non-hydrogen) atoms. The predicted octanol–water partition coefficient (Wildman–Crippen LogP) is 3.39. The van der Waals surface area contributed by atoms with Gasteiger partial charge in [0.15, 0.2) is 5.82 Å². The van der Waals surface area contributed by atoms with Gasteiger partial charge in [0.2, 0.25) is 5.89 Å². The molecule has 1 aromatic heterocycles. The molecule has 4 heteroatoms. The first-order chi connectivity index (χ1) is 9.00. The topological polar surface area (TPSA) is 51.0 Å². The smallest absolute Gasteiger partial charge is 0.229 e. The number of nitrogens with one attached hydrogen (secondary N) is 1. The third kappa shape index (κ3) is 3.78. The number of aromatic nitrogens is 2. The molecule has 2 rings (SSSR count). The molecule has 0 bridgehead atoms. The first-order valence-electron chi connectivity index (χ1n) is 7.58. The van der Waals surface area contributed by atoms with Gasteiger partial charge in [-0.1, -0.05) is 32.9 Å². The van der Waals surface area contributed by atoms with Crippen LogP contribution >= 0.6 is 0 Å². The van der Waals surface area contributed by atoms with Crippen molar-refractivity contribution in [3.05, 3.63) is 11.7 Å². The molecule has 0 atom stereocenters. The van der Waals surface area contributed by atoms with Gasteiger partial charge in [0.1, 0.15) is 0 Å². The molecule has 1 saturated carbocycles. The zero-order valence-electron chi connectivity index (χ0n) is 12.7. The lowest BCUT2D eigenvalue weighted by Gasteiger charge is -2.27. The van der Waals surface area contributed by atoms with Crippen LogP contribution in [0.1, 0.15) is 77.4 Å². The van der Waals surface area contributed by atoms with Crippen LogP contribution in [0.2, 0.25) is 0 Å². The van der Waals surface area contributed by atoms with Crippen molar-refractivity contribution in [1.82, 2.24) is 15.5 Å². The zero-order valence-corrected chi connectivity index (χ0v) is 12.7. The fourth-order valence-corrected chi connectivity index (χ4v) is 2.60. The van der Waals surface area contributed by atoms with Gasteiger partial charge in [0, 0.05) is 17.4 Å². The molecular formula is C15H27N3O. The Balaban J connectivity index is 1.89. The molecule has 1 N–H and O–H groups in total. The van der Waals surface area contributed by atoms with E-state index in [1.165, 1.54) is 19.3 Å². The fourth-order valence-electron chi connectivity index (χ4n) is 2.60. The Morgan fingerprint density at radius 2 is 1.89 bits per heavy atom. The van der Waals surface area contributed by atoms with Crippen LogP contribution in [0.5, 0.6) is 0 Å². The van der Waals surface area contributed by atoms with E-state index in [0.717, 1.165) is 31.1 Å². The molecule has 0 aromatic carbocycles. The minimum absolute atomic E-state index is 0.0262. The molecule has 0 saturated heterocycles. The highest BCUT2D eigenvalue weighted by Gasteiger charge is 2.28. The van der Waals surface area contributed by atoms with Crippen LogP contribution in [-0.2, 0) is 5.41 Å². The highest BCUT2D eigenvalue weighted by atomic mass is 16.5. The summed E-state index contributed by atoms with van der Waals surface area (Å²) < 4.78 is 5.47. The highest BCUT2D eigenvalue weighted by Crippen LogP contribution is 2.33. The van der Waals surface area contributed by atoms with Crippen LogP contribution in [0.3, 0.4) is 0 Å². The summed E-state index contributed by atoms with van der Waals surface area (Å²) >= 11 is 0. The van der Waals surface area contributed by atoms with Gasteiger partial charge < -0.3 is 9.84 Å². The first kappa shape index (κ1) is 14.5. The van der Waals surface area contributed by atoms with Gasteiger partial charge >= 0.3 is 0 Å². The molecular weight excluding hydrogens is 238 g/mol. The maximum atomic E-state index is 5.47. The Bertz CT molecular complexity index is 386. The normalized spacial score (nSPS) is 24.6. The third-order valence-corrected chi connectivity index (χ3v) is 3.87. The standard InChI is InChI=1S/C15H27N3O/c1-5-10-16-12-8-6-11(7-9-12)13-17-14(18-19-13)15(2,3)4/h11-12,16H,5-10H2,1-4H3. The molecule has 0 unspecified atom stereocenters. The van der Waals surface area contributed by atoms with Crippen molar-refractivity contribution >= 4 is 0 Å². The van der Waals surface area contributed by atoms with Crippen LogP contribution in [0.25, 0.3) is 0 Å². The largest absolute Gasteiger partial charge is 0.339 e. The molecule has 1 aromatic rings. The van der Waals surface area contributed by atoms with Crippen LogP contribution in [0, 0.1) is 0 Å². The third-order valence-electron chi connectivity index (χ3n) is 3.87. The van der Waals surface area contributed by atoms with Crippen molar-refractivity contribution in [1.29, 1.82) is 0 Å². The molecule has 0 radical (unpaired) electrons. The monoisotopic (exact) mass is 265 g/mol. The molecule has 0 amide bonds. The van der Waals surface area contributed by atoms with Crippen molar-refractivity contribution < 1.29 is 4.52 Å². The lowest BCUT2D eigenvalue weighted by molar-refractivity contribution is 0.281.